The second-order valence-electron chi connectivity index (χ2n) is 3.63. The lowest BCUT2D eigenvalue weighted by molar-refractivity contribution is 0.501. The van der Waals surface area contributed by atoms with Crippen molar-refractivity contribution in [3.8, 4) is 0 Å². The van der Waals surface area contributed by atoms with E-state index < -0.39 is 0 Å². The Labute approximate surface area is 111 Å². The molecule has 90 valence electrons. The number of hydrogen-bond acceptors (Lipinski definition) is 3. The molecule has 0 aliphatic carbocycles. The van der Waals surface area contributed by atoms with Gasteiger partial charge in [0.15, 0.2) is 0 Å². The van der Waals surface area contributed by atoms with Gasteiger partial charge in [0, 0.05) is 29.0 Å². The average Bonchev–Trinajstić information content (AvgIpc) is 2.32. The van der Waals surface area contributed by atoms with E-state index >= 15 is 0 Å². The van der Waals surface area contributed by atoms with Crippen molar-refractivity contribution < 1.29 is 0 Å². The maximum atomic E-state index is 4.32. The predicted molar refractivity (Wildman–Crippen MR) is 75.0 cm³/mol. The summed E-state index contributed by atoms with van der Waals surface area (Å²) in [6.45, 7) is 5.50. The zero-order valence-corrected chi connectivity index (χ0v) is 12.3. The molecule has 1 aromatic rings. The van der Waals surface area contributed by atoms with Gasteiger partial charge in [-0.25, -0.2) is 4.98 Å². The minimum Gasteiger partial charge on any atom is -0.313 e. The summed E-state index contributed by atoms with van der Waals surface area (Å²) in [4.78, 5) is 4.32. The third kappa shape index (κ3) is 5.32. The van der Waals surface area contributed by atoms with E-state index in [0.29, 0.717) is 6.04 Å². The number of halogens is 1. The fourth-order valence-corrected chi connectivity index (χ4v) is 2.40. The van der Waals surface area contributed by atoms with Crippen molar-refractivity contribution in [3.63, 3.8) is 0 Å². The highest BCUT2D eigenvalue weighted by atomic mass is 79.9. The lowest BCUT2D eigenvalue weighted by Crippen LogP contribution is -2.29. The second kappa shape index (κ2) is 8.09. The van der Waals surface area contributed by atoms with Crippen LogP contribution in [0.2, 0.25) is 0 Å². The molecule has 0 fully saturated rings. The van der Waals surface area contributed by atoms with Crippen LogP contribution in [0.15, 0.2) is 27.8 Å². The maximum Gasteiger partial charge on any atom is 0.0961 e. The molecule has 0 amide bonds. The van der Waals surface area contributed by atoms with Crippen LogP contribution in [0.1, 0.15) is 26.7 Å². The number of rotatable bonds is 7. The molecule has 0 aliphatic heterocycles. The summed E-state index contributed by atoms with van der Waals surface area (Å²) in [6.07, 6.45) is 4.26. The van der Waals surface area contributed by atoms with E-state index in [4.69, 9.17) is 0 Å². The van der Waals surface area contributed by atoms with Crippen molar-refractivity contribution in [2.75, 3.05) is 12.3 Å². The molecule has 0 aliphatic rings. The zero-order valence-electron chi connectivity index (χ0n) is 9.87. The monoisotopic (exact) mass is 302 g/mol. The van der Waals surface area contributed by atoms with Crippen LogP contribution in [0, 0.1) is 0 Å². The standard InChI is InChI=1S/C12H19BrN2S/c1-3-11(4-2)14-7-8-16-12-6-5-10(13)9-15-12/h5-6,9,11,14H,3-4,7-8H2,1-2H3. The summed E-state index contributed by atoms with van der Waals surface area (Å²) in [6, 6.07) is 4.74. The minimum atomic E-state index is 0.665. The van der Waals surface area contributed by atoms with E-state index in [1.807, 2.05) is 18.3 Å². The molecule has 0 bridgehead atoms. The molecule has 0 unspecified atom stereocenters. The Kier molecular flexibility index (Phi) is 7.08. The van der Waals surface area contributed by atoms with Crippen molar-refractivity contribution >= 4 is 27.7 Å². The van der Waals surface area contributed by atoms with Crippen LogP contribution >= 0.6 is 27.7 Å². The normalized spacial score (nSPS) is 11.0. The summed E-state index contributed by atoms with van der Waals surface area (Å²) >= 11 is 5.18. The van der Waals surface area contributed by atoms with Crippen molar-refractivity contribution in [2.24, 2.45) is 0 Å². The minimum absolute atomic E-state index is 0.665. The molecular formula is C12H19BrN2S. The highest BCUT2D eigenvalue weighted by molar-refractivity contribution is 9.10. The average molecular weight is 303 g/mol. The van der Waals surface area contributed by atoms with Crippen LogP contribution < -0.4 is 5.32 Å². The highest BCUT2D eigenvalue weighted by Crippen LogP contribution is 2.16. The Morgan fingerprint density at radius 2 is 2.12 bits per heavy atom. The Balaban J connectivity index is 2.18. The molecule has 16 heavy (non-hydrogen) atoms. The molecule has 1 N–H and O–H groups in total. The van der Waals surface area contributed by atoms with Crippen LogP contribution in [0.4, 0.5) is 0 Å². The molecule has 1 aromatic heterocycles. The van der Waals surface area contributed by atoms with Crippen LogP contribution in [0.25, 0.3) is 0 Å². The molecule has 0 atom stereocenters. The SMILES string of the molecule is CCC(CC)NCCSc1ccc(Br)cn1. The molecule has 0 aromatic carbocycles. The second-order valence-corrected chi connectivity index (χ2v) is 5.66. The zero-order chi connectivity index (χ0) is 11.8. The van der Waals surface area contributed by atoms with Crippen LogP contribution in [-0.4, -0.2) is 23.3 Å². The smallest absolute Gasteiger partial charge is 0.0961 e. The maximum absolute atomic E-state index is 4.32. The fourth-order valence-electron chi connectivity index (χ4n) is 1.44. The van der Waals surface area contributed by atoms with Crippen molar-refractivity contribution in [1.82, 2.24) is 10.3 Å². The van der Waals surface area contributed by atoms with E-state index in [1.54, 1.807) is 11.8 Å². The van der Waals surface area contributed by atoms with Gasteiger partial charge in [0.25, 0.3) is 0 Å². The van der Waals surface area contributed by atoms with Gasteiger partial charge in [0.2, 0.25) is 0 Å². The van der Waals surface area contributed by atoms with Crippen LogP contribution in [0.5, 0.6) is 0 Å². The van der Waals surface area contributed by atoms with E-state index in [1.165, 1.54) is 12.8 Å². The molecule has 1 heterocycles. The van der Waals surface area contributed by atoms with Gasteiger partial charge in [-0.1, -0.05) is 13.8 Å². The quantitative estimate of drug-likeness (QED) is 0.614. The van der Waals surface area contributed by atoms with Crippen LogP contribution in [0.3, 0.4) is 0 Å². The van der Waals surface area contributed by atoms with Gasteiger partial charge in [-0.05, 0) is 40.9 Å². The third-order valence-electron chi connectivity index (χ3n) is 2.47. The topological polar surface area (TPSA) is 24.9 Å². The van der Waals surface area contributed by atoms with E-state index in [-0.39, 0.29) is 0 Å². The van der Waals surface area contributed by atoms with Crippen molar-refractivity contribution in [1.29, 1.82) is 0 Å². The molecule has 0 spiro atoms. The molecule has 2 nitrogen and oxygen atoms in total. The van der Waals surface area contributed by atoms with Gasteiger partial charge in [-0.15, -0.1) is 11.8 Å². The van der Waals surface area contributed by atoms with Crippen LogP contribution in [-0.2, 0) is 0 Å². The first-order chi connectivity index (χ1) is 7.76. The molecule has 1 rings (SSSR count). The van der Waals surface area contributed by atoms with Gasteiger partial charge in [0.1, 0.15) is 0 Å². The van der Waals surface area contributed by atoms with Gasteiger partial charge < -0.3 is 5.32 Å². The van der Waals surface area contributed by atoms with Gasteiger partial charge in [0.05, 0.1) is 5.03 Å². The fraction of sp³-hybridized carbons (Fsp3) is 0.583. The summed E-state index contributed by atoms with van der Waals surface area (Å²) in [7, 11) is 0. The molecule has 0 saturated carbocycles. The first-order valence-corrected chi connectivity index (χ1v) is 7.51. The van der Waals surface area contributed by atoms with E-state index in [9.17, 15) is 0 Å². The van der Waals surface area contributed by atoms with E-state index in [0.717, 1.165) is 21.8 Å². The van der Waals surface area contributed by atoms with Gasteiger partial charge in [-0.2, -0.15) is 0 Å². The van der Waals surface area contributed by atoms with Gasteiger partial charge in [-0.3, -0.25) is 0 Å². The number of pyridine rings is 1. The summed E-state index contributed by atoms with van der Waals surface area (Å²) in [5, 5.41) is 4.64. The Morgan fingerprint density at radius 1 is 1.38 bits per heavy atom. The number of aromatic nitrogens is 1. The molecule has 0 saturated heterocycles. The number of hydrogen-bond donors (Lipinski definition) is 1. The summed E-state index contributed by atoms with van der Waals surface area (Å²) in [5.74, 6) is 1.07. The number of nitrogens with zero attached hydrogens (tertiary/aromatic N) is 1. The number of nitrogens with one attached hydrogen (secondary N) is 1. The lowest BCUT2D eigenvalue weighted by atomic mass is 10.2. The largest absolute Gasteiger partial charge is 0.313 e. The summed E-state index contributed by atoms with van der Waals surface area (Å²) in [5.41, 5.74) is 0. The van der Waals surface area contributed by atoms with Crippen molar-refractivity contribution in [2.45, 2.75) is 37.8 Å². The Bertz CT molecular complexity index is 286. The lowest BCUT2D eigenvalue weighted by Gasteiger charge is -2.13. The highest BCUT2D eigenvalue weighted by Gasteiger charge is 2.01. The third-order valence-corrected chi connectivity index (χ3v) is 3.89. The first kappa shape index (κ1) is 14.0. The van der Waals surface area contributed by atoms with Gasteiger partial charge >= 0.3 is 0 Å². The summed E-state index contributed by atoms with van der Waals surface area (Å²) < 4.78 is 1.03. The molecule has 0 radical (unpaired) electrons. The molecule has 4 heteroatoms. The first-order valence-electron chi connectivity index (χ1n) is 5.74. The molecular weight excluding hydrogens is 284 g/mol. The Morgan fingerprint density at radius 3 is 2.69 bits per heavy atom. The predicted octanol–water partition coefficient (Wildman–Crippen LogP) is 3.71. The van der Waals surface area contributed by atoms with E-state index in [2.05, 4.69) is 40.1 Å². The number of thioether (sulfide) groups is 1. The van der Waals surface area contributed by atoms with Crippen molar-refractivity contribution in [3.05, 3.63) is 22.8 Å². The Hall–Kier alpha value is -0.0600.